The number of hydrogen-bond acceptors (Lipinski definition) is 20. The Kier molecular flexibility index (Phi) is 18.9. The third-order valence-electron chi connectivity index (χ3n) is 12.0. The van der Waals surface area contributed by atoms with E-state index in [-0.39, 0.29) is 67.9 Å². The summed E-state index contributed by atoms with van der Waals surface area (Å²) in [5, 5.41) is 13.1. The highest BCUT2D eigenvalue weighted by Crippen LogP contribution is 2.41. The molecule has 5 amide bonds. The fraction of sp³-hybridized carbons (Fsp3) is 0.415. The molecule has 0 radical (unpaired) electrons. The van der Waals surface area contributed by atoms with E-state index in [9.17, 15) is 41.7 Å². The smallest absolute Gasteiger partial charge is 0.413 e. The largest absolute Gasteiger partial charge is 0.497 e. The van der Waals surface area contributed by atoms with Crippen molar-refractivity contribution in [2.75, 3.05) is 39.2 Å². The number of anilines is 1. The molecule has 7 rings (SSSR count). The van der Waals surface area contributed by atoms with Crippen LogP contribution in [0.3, 0.4) is 0 Å². The number of ether oxygens (including phenoxy) is 6. The predicted molar refractivity (Wildman–Crippen MR) is 297 cm³/mol. The summed E-state index contributed by atoms with van der Waals surface area (Å²) >= 11 is 8.89. The molecular formula is C53H61ClN8O16S3. The van der Waals surface area contributed by atoms with Gasteiger partial charge in [-0.1, -0.05) is 41.0 Å². The van der Waals surface area contributed by atoms with Crippen LogP contribution in [0.5, 0.6) is 23.0 Å². The molecule has 434 valence electrons. The van der Waals surface area contributed by atoms with Crippen LogP contribution in [0.25, 0.3) is 0 Å². The second kappa shape index (κ2) is 25.0. The minimum absolute atomic E-state index is 0.0459. The van der Waals surface area contributed by atoms with Gasteiger partial charge in [0.15, 0.2) is 22.3 Å². The highest BCUT2D eigenvalue weighted by Gasteiger charge is 2.54. The molecule has 5 aromatic rings. The number of methoxy groups -OCH3 is 2. The molecule has 0 spiro atoms. The van der Waals surface area contributed by atoms with Gasteiger partial charge in [-0.05, 0) is 109 Å². The number of aromatic nitrogens is 2. The van der Waals surface area contributed by atoms with E-state index in [1.165, 1.54) is 25.4 Å². The van der Waals surface area contributed by atoms with E-state index in [0.29, 0.717) is 35.2 Å². The van der Waals surface area contributed by atoms with Crippen LogP contribution in [0.4, 0.5) is 9.93 Å². The van der Waals surface area contributed by atoms with Gasteiger partial charge in [0.25, 0.3) is 23.6 Å². The molecule has 2 aromatic heterocycles. The van der Waals surface area contributed by atoms with E-state index < -0.39 is 81.2 Å². The molecule has 0 unspecified atom stereocenters. The number of halogens is 1. The minimum Gasteiger partial charge on any atom is -0.497 e. The predicted octanol–water partition coefficient (Wildman–Crippen LogP) is 7.17. The molecule has 24 nitrogen and oxygen atoms in total. The number of β-lactam (4-membered cyclic amide) rings is 1. The third-order valence-corrected chi connectivity index (χ3v) is 15.2. The van der Waals surface area contributed by atoms with Crippen LogP contribution in [-0.2, 0) is 52.2 Å². The number of benzene rings is 3. The highest BCUT2D eigenvalue weighted by molar-refractivity contribution is 7.84. The zero-order valence-electron chi connectivity index (χ0n) is 45.8. The SMILES string of the molecule is COc1ccc(COc2ccc(C(=O)N3CC[C@@H](c4ncc(C(=O)NC[C@@H]5[C@H](NC(=O)/C(=N\OC(C)(C)C(=O)OC(C)(C)C)c6csc(NC(=O)OC(C)(C)C)n6)C(=O)N5S(=O)(=O)O)s4)C3)c(Cl)c2OCc2ccc(OC)cc2)cc1. The zero-order chi connectivity index (χ0) is 59.2. The number of carbonyl (C=O) groups excluding carboxylic acids is 6. The number of amides is 5. The van der Waals surface area contributed by atoms with Gasteiger partial charge in [0.1, 0.15) is 52.5 Å². The van der Waals surface area contributed by atoms with Crippen LogP contribution in [0, 0.1) is 0 Å². The Morgan fingerprint density at radius 1 is 0.864 bits per heavy atom. The fourth-order valence-electron chi connectivity index (χ4n) is 7.90. The molecule has 0 aliphatic carbocycles. The number of nitrogens with zero attached hydrogens (tertiary/aromatic N) is 5. The second-order valence-electron chi connectivity index (χ2n) is 20.9. The van der Waals surface area contributed by atoms with Crippen molar-refractivity contribution in [3.8, 4) is 23.0 Å². The van der Waals surface area contributed by atoms with Crippen LogP contribution in [0.2, 0.25) is 5.02 Å². The summed E-state index contributed by atoms with van der Waals surface area (Å²) in [6, 6.07) is 14.5. The maximum Gasteiger partial charge on any atom is 0.413 e. The monoisotopic (exact) mass is 1200 g/mol. The molecule has 3 atom stereocenters. The Labute approximate surface area is 480 Å². The summed E-state index contributed by atoms with van der Waals surface area (Å²) in [6.07, 6.45) is 0.922. The van der Waals surface area contributed by atoms with Crippen molar-refractivity contribution in [1.29, 1.82) is 0 Å². The average molecular weight is 1200 g/mol. The number of rotatable bonds is 21. The van der Waals surface area contributed by atoms with Crippen molar-refractivity contribution in [3.05, 3.63) is 110 Å². The number of carbonyl (C=O) groups is 6. The minimum atomic E-state index is -5.23. The maximum atomic E-state index is 14.2. The van der Waals surface area contributed by atoms with Gasteiger partial charge in [-0.3, -0.25) is 29.0 Å². The van der Waals surface area contributed by atoms with Crippen molar-refractivity contribution in [2.45, 2.75) is 110 Å². The second-order valence-corrected chi connectivity index (χ2v) is 24.5. The molecule has 0 saturated carbocycles. The first-order valence-electron chi connectivity index (χ1n) is 25.0. The number of hydrogen-bond donors (Lipinski definition) is 4. The van der Waals surface area contributed by atoms with Crippen molar-refractivity contribution >= 4 is 91.1 Å². The summed E-state index contributed by atoms with van der Waals surface area (Å²) in [5.74, 6) is -2.87. The van der Waals surface area contributed by atoms with Crippen LogP contribution in [-0.4, -0.2) is 136 Å². The number of nitrogens with one attached hydrogen (secondary N) is 3. The van der Waals surface area contributed by atoms with E-state index in [4.69, 9.17) is 44.9 Å². The van der Waals surface area contributed by atoms with Gasteiger partial charge in [0.05, 0.1) is 42.1 Å². The molecule has 0 bridgehead atoms. The van der Waals surface area contributed by atoms with E-state index in [2.05, 4.69) is 31.1 Å². The first-order valence-corrected chi connectivity index (χ1v) is 28.5. The molecule has 4 heterocycles. The van der Waals surface area contributed by atoms with Crippen LogP contribution >= 0.6 is 34.3 Å². The summed E-state index contributed by atoms with van der Waals surface area (Å²) in [7, 11) is -2.09. The lowest BCUT2D eigenvalue weighted by atomic mass is 9.98. The molecule has 81 heavy (non-hydrogen) atoms. The molecule has 3 aromatic carbocycles. The molecule has 4 N–H and O–H groups in total. The lowest BCUT2D eigenvalue weighted by Gasteiger charge is -2.44. The number of esters is 1. The molecule has 2 fully saturated rings. The topological polar surface area (TPSA) is 302 Å². The van der Waals surface area contributed by atoms with Gasteiger partial charge < -0.3 is 48.8 Å². The van der Waals surface area contributed by atoms with Gasteiger partial charge >= 0.3 is 22.4 Å². The van der Waals surface area contributed by atoms with Gasteiger partial charge in [0.2, 0.25) is 5.60 Å². The lowest BCUT2D eigenvalue weighted by molar-refractivity contribution is -0.179. The quantitative estimate of drug-likeness (QED) is 0.0186. The Bertz CT molecular complexity index is 3300. The van der Waals surface area contributed by atoms with Gasteiger partial charge in [-0.15, -0.1) is 22.7 Å². The normalized spacial score (nSPS) is 16.7. The van der Waals surface area contributed by atoms with Gasteiger partial charge in [-0.25, -0.2) is 23.9 Å². The summed E-state index contributed by atoms with van der Waals surface area (Å²) < 4.78 is 68.8. The Balaban J connectivity index is 1.03. The van der Waals surface area contributed by atoms with Crippen molar-refractivity contribution in [2.24, 2.45) is 5.16 Å². The van der Waals surface area contributed by atoms with E-state index in [1.807, 2.05) is 36.4 Å². The lowest BCUT2D eigenvalue weighted by Crippen LogP contribution is -2.74. The van der Waals surface area contributed by atoms with Gasteiger partial charge in [0, 0.05) is 30.9 Å². The standard InChI is InChI=1S/C53H61ClN8O16S3/c1-51(2,3)76-48(67)53(7,8)78-60-40(35-28-79-49(57-35)59-50(68)77-52(4,5)6)44(64)58-41-36(62(47(41)66)81(69,70)71)23-55-43(63)38-24-56-45(80-38)31-21-22-61(25-31)46(65)34-19-20-37(74-26-29-11-15-32(72-9)16-12-29)42(39(34)54)75-27-30-13-17-33(73-10)18-14-30/h11-20,24,28,31,36,41H,21-23,25-27H2,1-10H3,(H,55,63)(H,58,64)(H,57,59,68)(H,69,70,71)/b60-40-/t31-,36-,41+/m1/s1. The number of likely N-dealkylation sites (tertiary alicyclic amines) is 1. The summed E-state index contributed by atoms with van der Waals surface area (Å²) in [5.41, 5.74) is -2.61. The zero-order valence-corrected chi connectivity index (χ0v) is 49.0. The van der Waals surface area contributed by atoms with E-state index in [1.54, 1.807) is 84.9 Å². The van der Waals surface area contributed by atoms with Crippen LogP contribution < -0.4 is 34.9 Å². The maximum absolute atomic E-state index is 14.2. The number of oxime groups is 1. The van der Waals surface area contributed by atoms with Crippen molar-refractivity contribution in [1.82, 2.24) is 29.8 Å². The van der Waals surface area contributed by atoms with Gasteiger partial charge in [-0.2, -0.15) is 8.42 Å². The molecule has 2 aliphatic rings. The highest BCUT2D eigenvalue weighted by atomic mass is 35.5. The Hall–Kier alpha value is -7.59. The molecule has 28 heteroatoms. The summed E-state index contributed by atoms with van der Waals surface area (Å²) in [6.45, 7) is 12.7. The third kappa shape index (κ3) is 15.7. The molecule has 2 saturated heterocycles. The van der Waals surface area contributed by atoms with Crippen LogP contribution in [0.15, 0.2) is 77.4 Å². The van der Waals surface area contributed by atoms with Crippen molar-refractivity contribution in [3.63, 3.8) is 0 Å². The summed E-state index contributed by atoms with van der Waals surface area (Å²) in [4.78, 5) is 96.8. The van der Waals surface area contributed by atoms with E-state index >= 15 is 0 Å². The Morgan fingerprint density at radius 3 is 2.07 bits per heavy atom. The first-order chi connectivity index (χ1) is 38.0. The molecule has 2 aliphatic heterocycles. The fourth-order valence-corrected chi connectivity index (χ4v) is 10.7. The van der Waals surface area contributed by atoms with Crippen molar-refractivity contribution < 1.29 is 75.0 Å². The van der Waals surface area contributed by atoms with E-state index in [0.717, 1.165) is 33.8 Å². The average Bonchev–Trinajstić information content (AvgIpc) is 4.06. The molecular weight excluding hydrogens is 1140 g/mol. The Morgan fingerprint density at radius 2 is 1.48 bits per heavy atom. The number of thiazole rings is 2. The first kappa shape index (κ1) is 61.0. The van der Waals surface area contributed by atoms with Crippen LogP contribution in [0.1, 0.15) is 110 Å².